The van der Waals surface area contributed by atoms with Crippen LogP contribution in [0.2, 0.25) is 0 Å². The maximum atomic E-state index is 12.3. The number of likely N-dealkylation sites (tertiary alicyclic amines) is 1. The largest absolute Gasteiger partial charge is 0.484 e. The van der Waals surface area contributed by atoms with Crippen molar-refractivity contribution < 1.29 is 14.3 Å². The molecule has 0 atom stereocenters. The fourth-order valence-corrected chi connectivity index (χ4v) is 3.11. The van der Waals surface area contributed by atoms with Crippen molar-refractivity contribution in [3.63, 3.8) is 0 Å². The van der Waals surface area contributed by atoms with Crippen LogP contribution in [0.15, 0.2) is 24.3 Å². The van der Waals surface area contributed by atoms with Crippen LogP contribution in [0.25, 0.3) is 0 Å². The molecular formula is C19H27ClN2O3. The molecule has 1 saturated heterocycles. The predicted molar refractivity (Wildman–Crippen MR) is 99.0 cm³/mol. The van der Waals surface area contributed by atoms with Gasteiger partial charge in [-0.25, -0.2) is 0 Å². The molecule has 5 nitrogen and oxygen atoms in total. The molecule has 1 fully saturated rings. The van der Waals surface area contributed by atoms with Crippen LogP contribution in [0.3, 0.4) is 0 Å². The molecule has 1 aromatic carbocycles. The number of nitrogens with one attached hydrogen (secondary N) is 1. The second-order valence-electron chi connectivity index (χ2n) is 6.34. The van der Waals surface area contributed by atoms with Crippen LogP contribution in [0.4, 0.5) is 0 Å². The van der Waals surface area contributed by atoms with E-state index in [1.165, 1.54) is 5.56 Å². The standard InChI is InChI=1S/C19H27ClN2O3/c1-2-3-15-4-6-17(7-5-15)25-14-19(24)22-12-9-16(10-13-22)21-18(23)8-11-20/h4-7,16H,2-3,8-14H2,1H3,(H,21,23). The fourth-order valence-electron chi connectivity index (χ4n) is 2.94. The average Bonchev–Trinajstić information content (AvgIpc) is 2.62. The number of halogens is 1. The second-order valence-corrected chi connectivity index (χ2v) is 6.72. The maximum Gasteiger partial charge on any atom is 0.260 e. The molecule has 1 heterocycles. The number of piperidine rings is 1. The smallest absolute Gasteiger partial charge is 0.260 e. The van der Waals surface area contributed by atoms with Gasteiger partial charge in [0.05, 0.1) is 0 Å². The van der Waals surface area contributed by atoms with Crippen LogP contribution < -0.4 is 10.1 Å². The van der Waals surface area contributed by atoms with Gasteiger partial charge in [0.2, 0.25) is 5.91 Å². The molecule has 0 radical (unpaired) electrons. The molecule has 138 valence electrons. The van der Waals surface area contributed by atoms with Gasteiger partial charge in [-0.05, 0) is 37.0 Å². The first-order valence-electron chi connectivity index (χ1n) is 8.97. The van der Waals surface area contributed by atoms with E-state index >= 15 is 0 Å². The molecule has 1 aliphatic heterocycles. The number of amides is 2. The van der Waals surface area contributed by atoms with Gasteiger partial charge in [-0.2, -0.15) is 0 Å². The molecule has 0 saturated carbocycles. The molecule has 25 heavy (non-hydrogen) atoms. The van der Waals surface area contributed by atoms with Crippen LogP contribution in [-0.2, 0) is 16.0 Å². The minimum atomic E-state index is -0.0189. The Balaban J connectivity index is 1.70. The van der Waals surface area contributed by atoms with Crippen molar-refractivity contribution in [3.05, 3.63) is 29.8 Å². The highest BCUT2D eigenvalue weighted by molar-refractivity contribution is 6.18. The zero-order valence-electron chi connectivity index (χ0n) is 14.8. The summed E-state index contributed by atoms with van der Waals surface area (Å²) in [6, 6.07) is 8.04. The number of hydrogen-bond acceptors (Lipinski definition) is 3. The van der Waals surface area contributed by atoms with Crippen molar-refractivity contribution in [1.29, 1.82) is 0 Å². The Morgan fingerprint density at radius 3 is 2.52 bits per heavy atom. The van der Waals surface area contributed by atoms with E-state index in [9.17, 15) is 9.59 Å². The minimum Gasteiger partial charge on any atom is -0.484 e. The lowest BCUT2D eigenvalue weighted by Crippen LogP contribution is -2.47. The van der Waals surface area contributed by atoms with E-state index < -0.39 is 0 Å². The summed E-state index contributed by atoms with van der Waals surface area (Å²) < 4.78 is 5.60. The Hall–Kier alpha value is -1.75. The Kier molecular flexibility index (Phi) is 8.06. The molecule has 2 amide bonds. The number of benzene rings is 1. The van der Waals surface area contributed by atoms with Gasteiger partial charge in [-0.1, -0.05) is 25.5 Å². The Morgan fingerprint density at radius 1 is 1.24 bits per heavy atom. The normalized spacial score (nSPS) is 15.0. The van der Waals surface area contributed by atoms with E-state index in [-0.39, 0.29) is 24.5 Å². The number of alkyl halides is 1. The van der Waals surface area contributed by atoms with Crippen molar-refractivity contribution in [3.8, 4) is 5.75 Å². The zero-order chi connectivity index (χ0) is 18.1. The topological polar surface area (TPSA) is 58.6 Å². The number of ether oxygens (including phenoxy) is 1. The first-order valence-corrected chi connectivity index (χ1v) is 9.50. The molecule has 0 unspecified atom stereocenters. The Bertz CT molecular complexity index is 554. The van der Waals surface area contributed by atoms with Gasteiger partial charge < -0.3 is 15.0 Å². The number of hydrogen-bond donors (Lipinski definition) is 1. The van der Waals surface area contributed by atoms with Gasteiger partial charge in [-0.15, -0.1) is 11.6 Å². The van der Waals surface area contributed by atoms with Crippen molar-refractivity contribution in [2.24, 2.45) is 0 Å². The van der Waals surface area contributed by atoms with Crippen LogP contribution in [-0.4, -0.2) is 48.3 Å². The van der Waals surface area contributed by atoms with E-state index in [1.807, 2.05) is 24.3 Å². The summed E-state index contributed by atoms with van der Waals surface area (Å²) in [7, 11) is 0. The Labute approximate surface area is 154 Å². The molecule has 0 bridgehead atoms. The van der Waals surface area contributed by atoms with Crippen LogP contribution in [0.1, 0.15) is 38.2 Å². The number of aryl methyl sites for hydroxylation is 1. The lowest BCUT2D eigenvalue weighted by atomic mass is 10.0. The van der Waals surface area contributed by atoms with Crippen molar-refractivity contribution in [1.82, 2.24) is 10.2 Å². The van der Waals surface area contributed by atoms with E-state index in [0.29, 0.717) is 25.4 Å². The Morgan fingerprint density at radius 2 is 1.92 bits per heavy atom. The molecule has 0 aromatic heterocycles. The number of carbonyl (C=O) groups is 2. The average molecular weight is 367 g/mol. The summed E-state index contributed by atoms with van der Waals surface area (Å²) in [6.07, 6.45) is 4.04. The molecule has 1 aromatic rings. The van der Waals surface area contributed by atoms with E-state index in [4.69, 9.17) is 16.3 Å². The molecule has 0 aliphatic carbocycles. The quantitative estimate of drug-likeness (QED) is 0.720. The first kappa shape index (κ1) is 19.6. The van der Waals surface area contributed by atoms with Crippen molar-refractivity contribution in [2.45, 2.75) is 45.1 Å². The zero-order valence-corrected chi connectivity index (χ0v) is 15.6. The first-order chi connectivity index (χ1) is 12.1. The lowest BCUT2D eigenvalue weighted by molar-refractivity contribution is -0.134. The highest BCUT2D eigenvalue weighted by atomic mass is 35.5. The summed E-state index contributed by atoms with van der Waals surface area (Å²) >= 11 is 5.56. The number of rotatable bonds is 8. The van der Waals surface area contributed by atoms with Crippen molar-refractivity contribution in [2.75, 3.05) is 25.6 Å². The molecule has 2 rings (SSSR count). The molecule has 0 spiro atoms. The van der Waals surface area contributed by atoms with Crippen molar-refractivity contribution >= 4 is 23.4 Å². The van der Waals surface area contributed by atoms with Gasteiger partial charge in [0.25, 0.3) is 5.91 Å². The van der Waals surface area contributed by atoms with E-state index in [2.05, 4.69) is 12.2 Å². The van der Waals surface area contributed by atoms with Gasteiger partial charge in [0.15, 0.2) is 6.61 Å². The monoisotopic (exact) mass is 366 g/mol. The predicted octanol–water partition coefficient (Wildman–Crippen LogP) is 2.75. The van der Waals surface area contributed by atoms with Crippen LogP contribution in [0.5, 0.6) is 5.75 Å². The fraction of sp³-hybridized carbons (Fsp3) is 0.579. The molecule has 6 heteroatoms. The summed E-state index contributed by atoms with van der Waals surface area (Å²) in [4.78, 5) is 25.6. The van der Waals surface area contributed by atoms with Crippen LogP contribution >= 0.6 is 11.6 Å². The lowest BCUT2D eigenvalue weighted by Gasteiger charge is -2.32. The van der Waals surface area contributed by atoms with Gasteiger partial charge >= 0.3 is 0 Å². The number of carbonyl (C=O) groups excluding carboxylic acids is 2. The highest BCUT2D eigenvalue weighted by Gasteiger charge is 2.23. The maximum absolute atomic E-state index is 12.3. The van der Waals surface area contributed by atoms with Gasteiger partial charge in [-0.3, -0.25) is 9.59 Å². The number of nitrogens with zero attached hydrogens (tertiary/aromatic N) is 1. The second kappa shape index (κ2) is 10.3. The summed E-state index contributed by atoms with van der Waals surface area (Å²) in [5.74, 6) is 1.02. The van der Waals surface area contributed by atoms with Crippen LogP contribution in [0, 0.1) is 0 Å². The molecule has 1 N–H and O–H groups in total. The third kappa shape index (κ3) is 6.58. The minimum absolute atomic E-state index is 0.0110. The van der Waals surface area contributed by atoms with E-state index in [0.717, 1.165) is 31.4 Å². The molecule has 1 aliphatic rings. The summed E-state index contributed by atoms with van der Waals surface area (Å²) in [5, 5.41) is 2.96. The van der Waals surface area contributed by atoms with Gasteiger partial charge in [0, 0.05) is 31.4 Å². The third-order valence-corrected chi connectivity index (χ3v) is 4.55. The molecular weight excluding hydrogens is 340 g/mol. The SMILES string of the molecule is CCCc1ccc(OCC(=O)N2CCC(NC(=O)CCCl)CC2)cc1. The summed E-state index contributed by atoms with van der Waals surface area (Å²) in [5.41, 5.74) is 1.28. The van der Waals surface area contributed by atoms with E-state index in [1.54, 1.807) is 4.90 Å². The summed E-state index contributed by atoms with van der Waals surface area (Å²) in [6.45, 7) is 3.49. The van der Waals surface area contributed by atoms with Gasteiger partial charge in [0.1, 0.15) is 5.75 Å². The third-order valence-electron chi connectivity index (χ3n) is 4.36. The highest BCUT2D eigenvalue weighted by Crippen LogP contribution is 2.15.